The number of nitrogens with one attached hydrogen (secondary N) is 1. The Balaban J connectivity index is 2.13. The molecular formula is C13H11F5N4S2. The first kappa shape index (κ1) is 17.0. The standard InChI is InChI=1S/C13H11F5N4S2/c1-19-6-10-21-11(12-13(22-10)23-7-20-12)8-2-4-9(5-3-8)24(14,15,16,17)18/h2-5,7,19H,6H2,1H3. The Morgan fingerprint density at radius 2 is 1.71 bits per heavy atom. The van der Waals surface area contributed by atoms with Gasteiger partial charge in [-0.2, -0.15) is 0 Å². The van der Waals surface area contributed by atoms with Crippen molar-refractivity contribution in [3.05, 3.63) is 35.6 Å². The Hall–Kier alpha value is -1.85. The minimum atomic E-state index is -9.69. The molecule has 0 bridgehead atoms. The Kier molecular flexibility index (Phi) is 3.42. The SMILES string of the molecule is CNCc1nc(-c2ccc(S(F)(F)(F)(F)F)cc2)c2ncsc2n1. The molecule has 0 aliphatic carbocycles. The number of nitrogens with zero attached hydrogens (tertiary/aromatic N) is 3. The van der Waals surface area contributed by atoms with Gasteiger partial charge < -0.3 is 5.32 Å². The average molecular weight is 382 g/mol. The lowest BCUT2D eigenvalue weighted by Gasteiger charge is -2.40. The quantitative estimate of drug-likeness (QED) is 0.636. The monoisotopic (exact) mass is 382 g/mol. The molecule has 0 aliphatic rings. The maximum atomic E-state index is 12.8. The van der Waals surface area contributed by atoms with Gasteiger partial charge >= 0.3 is 10.2 Å². The third-order valence-corrected chi connectivity index (χ3v) is 5.03. The molecule has 1 aromatic carbocycles. The Labute approximate surface area is 137 Å². The van der Waals surface area contributed by atoms with E-state index in [4.69, 9.17) is 0 Å². The molecule has 2 heterocycles. The lowest BCUT2D eigenvalue weighted by Crippen LogP contribution is -2.09. The van der Waals surface area contributed by atoms with Crippen LogP contribution in [0.1, 0.15) is 5.82 Å². The molecule has 0 fully saturated rings. The van der Waals surface area contributed by atoms with Gasteiger partial charge in [0, 0.05) is 5.56 Å². The van der Waals surface area contributed by atoms with Gasteiger partial charge in [0.15, 0.2) is 0 Å². The van der Waals surface area contributed by atoms with E-state index in [0.717, 1.165) is 12.1 Å². The smallest absolute Gasteiger partial charge is 0.310 e. The van der Waals surface area contributed by atoms with E-state index >= 15 is 0 Å². The van der Waals surface area contributed by atoms with Gasteiger partial charge in [0.25, 0.3) is 0 Å². The lowest BCUT2D eigenvalue weighted by atomic mass is 10.1. The van der Waals surface area contributed by atoms with E-state index < -0.39 is 15.1 Å². The molecule has 3 rings (SSSR count). The van der Waals surface area contributed by atoms with Crippen LogP contribution in [-0.2, 0) is 6.54 Å². The van der Waals surface area contributed by atoms with E-state index in [9.17, 15) is 19.4 Å². The van der Waals surface area contributed by atoms with Crippen LogP contribution in [0.5, 0.6) is 0 Å². The highest BCUT2D eigenvalue weighted by Crippen LogP contribution is 3.02. The van der Waals surface area contributed by atoms with Crippen molar-refractivity contribution in [1.29, 1.82) is 0 Å². The molecule has 2 aromatic heterocycles. The van der Waals surface area contributed by atoms with Gasteiger partial charge in [0.1, 0.15) is 26.8 Å². The second-order valence-corrected chi connectivity index (χ2v) is 8.26. The van der Waals surface area contributed by atoms with Crippen LogP contribution in [0.25, 0.3) is 21.6 Å². The van der Waals surface area contributed by atoms with Gasteiger partial charge in [0.2, 0.25) is 0 Å². The maximum Gasteiger partial charge on any atom is 0.310 e. The molecule has 0 atom stereocenters. The van der Waals surface area contributed by atoms with Crippen molar-refractivity contribution in [3.8, 4) is 11.3 Å². The fourth-order valence-electron chi connectivity index (χ4n) is 2.11. The van der Waals surface area contributed by atoms with E-state index in [0.29, 0.717) is 40.5 Å². The summed E-state index contributed by atoms with van der Waals surface area (Å²) in [5, 5.41) is 2.87. The molecule has 0 saturated carbocycles. The minimum Gasteiger partial charge on any atom is -0.313 e. The summed E-state index contributed by atoms with van der Waals surface area (Å²) in [7, 11) is -7.99. The van der Waals surface area contributed by atoms with Crippen LogP contribution >= 0.6 is 21.6 Å². The molecule has 0 radical (unpaired) electrons. The highest BCUT2D eigenvalue weighted by atomic mass is 32.5. The summed E-state index contributed by atoms with van der Waals surface area (Å²) in [6.45, 7) is 0.352. The van der Waals surface area contributed by atoms with Crippen LogP contribution in [0.3, 0.4) is 0 Å². The zero-order valence-electron chi connectivity index (χ0n) is 12.1. The number of benzene rings is 1. The van der Waals surface area contributed by atoms with Crippen molar-refractivity contribution in [1.82, 2.24) is 20.3 Å². The number of aromatic nitrogens is 3. The molecular weight excluding hydrogens is 371 g/mol. The van der Waals surface area contributed by atoms with Gasteiger partial charge in [0.05, 0.1) is 12.1 Å². The normalized spacial score (nSPS) is 15.2. The van der Waals surface area contributed by atoms with E-state index in [1.165, 1.54) is 16.8 Å². The number of rotatable bonds is 4. The molecule has 130 valence electrons. The van der Waals surface area contributed by atoms with Crippen LogP contribution in [0.2, 0.25) is 0 Å². The number of hydrogen-bond donors (Lipinski definition) is 1. The molecule has 0 aliphatic heterocycles. The number of thiazole rings is 1. The average Bonchev–Trinajstić information content (AvgIpc) is 2.93. The van der Waals surface area contributed by atoms with Crippen LogP contribution in [0.4, 0.5) is 19.4 Å². The molecule has 24 heavy (non-hydrogen) atoms. The van der Waals surface area contributed by atoms with Crippen molar-refractivity contribution in [2.45, 2.75) is 11.4 Å². The Bertz CT molecular complexity index is 906. The van der Waals surface area contributed by atoms with E-state index in [1.54, 1.807) is 7.05 Å². The van der Waals surface area contributed by atoms with Gasteiger partial charge in [-0.1, -0.05) is 31.6 Å². The fraction of sp³-hybridized carbons (Fsp3) is 0.154. The summed E-state index contributed by atoms with van der Waals surface area (Å²) in [5.74, 6) is 0.432. The van der Waals surface area contributed by atoms with Gasteiger partial charge in [-0.05, 0) is 19.2 Å². The third-order valence-electron chi connectivity index (χ3n) is 3.15. The first-order chi connectivity index (χ1) is 11.0. The van der Waals surface area contributed by atoms with Crippen LogP contribution < -0.4 is 5.32 Å². The summed E-state index contributed by atoms with van der Waals surface area (Å²) in [4.78, 5) is 11.3. The van der Waals surface area contributed by atoms with Crippen LogP contribution in [-0.4, -0.2) is 22.0 Å². The zero-order chi connectivity index (χ0) is 17.7. The van der Waals surface area contributed by atoms with E-state index in [1.807, 2.05) is 0 Å². The van der Waals surface area contributed by atoms with Gasteiger partial charge in [-0.15, -0.1) is 11.3 Å². The lowest BCUT2D eigenvalue weighted by molar-refractivity contribution is 0.364. The van der Waals surface area contributed by atoms with Crippen molar-refractivity contribution in [2.24, 2.45) is 0 Å². The Morgan fingerprint density at radius 3 is 2.29 bits per heavy atom. The molecule has 0 unspecified atom stereocenters. The highest BCUT2D eigenvalue weighted by molar-refractivity contribution is 8.45. The molecule has 1 N–H and O–H groups in total. The Morgan fingerprint density at radius 1 is 1.04 bits per heavy atom. The summed E-state index contributed by atoms with van der Waals surface area (Å²) in [5.41, 5.74) is 2.52. The van der Waals surface area contributed by atoms with E-state index in [-0.39, 0.29) is 5.56 Å². The van der Waals surface area contributed by atoms with Crippen molar-refractivity contribution >= 4 is 31.9 Å². The molecule has 0 amide bonds. The second-order valence-electron chi connectivity index (χ2n) is 5.02. The van der Waals surface area contributed by atoms with Gasteiger partial charge in [-0.25, -0.2) is 15.0 Å². The number of fused-ring (bicyclic) bond motifs is 1. The first-order valence-corrected chi connectivity index (χ1v) is 9.40. The van der Waals surface area contributed by atoms with Crippen molar-refractivity contribution < 1.29 is 19.4 Å². The molecule has 11 heteroatoms. The molecule has 3 aromatic rings. The zero-order valence-corrected chi connectivity index (χ0v) is 13.8. The van der Waals surface area contributed by atoms with Crippen LogP contribution in [0.15, 0.2) is 34.7 Å². The second kappa shape index (κ2) is 4.83. The first-order valence-electron chi connectivity index (χ1n) is 6.57. The van der Waals surface area contributed by atoms with Gasteiger partial charge in [-0.3, -0.25) is 0 Å². The molecule has 0 saturated heterocycles. The summed E-state index contributed by atoms with van der Waals surface area (Å²) >= 11 is 1.26. The number of halogens is 5. The topological polar surface area (TPSA) is 50.7 Å². The van der Waals surface area contributed by atoms with Crippen molar-refractivity contribution in [3.63, 3.8) is 0 Å². The predicted octanol–water partition coefficient (Wildman–Crippen LogP) is 5.13. The fourth-order valence-corrected chi connectivity index (χ4v) is 3.44. The van der Waals surface area contributed by atoms with E-state index in [2.05, 4.69) is 20.3 Å². The van der Waals surface area contributed by atoms with Crippen LogP contribution in [0, 0.1) is 0 Å². The highest BCUT2D eigenvalue weighted by Gasteiger charge is 2.65. The number of hydrogen-bond acceptors (Lipinski definition) is 5. The third kappa shape index (κ3) is 3.32. The van der Waals surface area contributed by atoms with Crippen molar-refractivity contribution in [2.75, 3.05) is 7.05 Å². The summed E-state index contributed by atoms with van der Waals surface area (Å²) in [6.07, 6.45) is 0. The summed E-state index contributed by atoms with van der Waals surface area (Å²) in [6, 6.07) is 2.68. The predicted molar refractivity (Wildman–Crippen MR) is 84.8 cm³/mol. The maximum absolute atomic E-state index is 12.8. The molecule has 4 nitrogen and oxygen atoms in total. The largest absolute Gasteiger partial charge is 0.313 e. The summed E-state index contributed by atoms with van der Waals surface area (Å²) < 4.78 is 64.0. The minimum absolute atomic E-state index is 0.260. The molecule has 0 spiro atoms.